The number of methoxy groups -OCH3 is 1. The zero-order valence-electron chi connectivity index (χ0n) is 14.5. The van der Waals surface area contributed by atoms with Crippen molar-refractivity contribution in [1.82, 2.24) is 0 Å². The molecule has 0 aliphatic carbocycles. The molecular formula is C19H15Cl2IN2O3. The first kappa shape index (κ1) is 21.4. The molecule has 0 radical (unpaired) electrons. The number of nitrogens with one attached hydrogen (secondary N) is 1. The van der Waals surface area contributed by atoms with E-state index in [9.17, 15) is 10.1 Å². The minimum Gasteiger partial charge on any atom is -0.493 e. The molecule has 2 aromatic carbocycles. The lowest BCUT2D eigenvalue weighted by atomic mass is 10.1. The molecule has 0 bridgehead atoms. The van der Waals surface area contributed by atoms with Crippen molar-refractivity contribution in [3.63, 3.8) is 0 Å². The number of ether oxygens (including phenoxy) is 2. The third-order valence-electron chi connectivity index (χ3n) is 3.42. The molecule has 140 valence electrons. The van der Waals surface area contributed by atoms with E-state index in [0.29, 0.717) is 23.7 Å². The Hall–Kier alpha value is -1.95. The van der Waals surface area contributed by atoms with E-state index in [2.05, 4.69) is 27.9 Å². The van der Waals surface area contributed by atoms with E-state index in [-0.39, 0.29) is 21.3 Å². The van der Waals surface area contributed by atoms with Crippen LogP contribution in [0.25, 0.3) is 6.08 Å². The van der Waals surface area contributed by atoms with E-state index in [1.807, 2.05) is 13.0 Å². The molecule has 0 unspecified atom stereocenters. The first-order valence-electron chi connectivity index (χ1n) is 7.78. The van der Waals surface area contributed by atoms with Gasteiger partial charge in [0.2, 0.25) is 0 Å². The van der Waals surface area contributed by atoms with E-state index in [4.69, 9.17) is 32.7 Å². The van der Waals surface area contributed by atoms with Gasteiger partial charge in [0.1, 0.15) is 11.6 Å². The van der Waals surface area contributed by atoms with Gasteiger partial charge in [0.05, 0.1) is 33.0 Å². The van der Waals surface area contributed by atoms with Gasteiger partial charge in [-0.15, -0.1) is 0 Å². The summed E-state index contributed by atoms with van der Waals surface area (Å²) in [6.07, 6.45) is 1.46. The third kappa shape index (κ3) is 5.28. The number of halogens is 3. The molecular weight excluding hydrogens is 502 g/mol. The van der Waals surface area contributed by atoms with Gasteiger partial charge in [0.15, 0.2) is 11.5 Å². The second-order valence-electron chi connectivity index (χ2n) is 5.19. The third-order valence-corrected chi connectivity index (χ3v) is 4.85. The van der Waals surface area contributed by atoms with Crippen molar-refractivity contribution >= 4 is 63.5 Å². The fourth-order valence-corrected chi connectivity index (χ4v) is 3.49. The summed E-state index contributed by atoms with van der Waals surface area (Å²) in [6.45, 7) is 2.37. The minimum atomic E-state index is -0.615. The molecule has 1 N–H and O–H groups in total. The van der Waals surface area contributed by atoms with Crippen LogP contribution in [-0.4, -0.2) is 19.6 Å². The van der Waals surface area contributed by atoms with Crippen LogP contribution in [0.4, 0.5) is 5.69 Å². The number of hydrogen-bond acceptors (Lipinski definition) is 4. The quantitative estimate of drug-likeness (QED) is 0.310. The van der Waals surface area contributed by atoms with Gasteiger partial charge in [0, 0.05) is 0 Å². The summed E-state index contributed by atoms with van der Waals surface area (Å²) < 4.78 is 11.7. The second kappa shape index (κ2) is 9.83. The van der Waals surface area contributed by atoms with Crippen LogP contribution < -0.4 is 14.8 Å². The average molecular weight is 517 g/mol. The van der Waals surface area contributed by atoms with Gasteiger partial charge < -0.3 is 14.8 Å². The maximum atomic E-state index is 12.5. The molecule has 5 nitrogen and oxygen atoms in total. The molecule has 0 atom stereocenters. The molecule has 27 heavy (non-hydrogen) atoms. The summed E-state index contributed by atoms with van der Waals surface area (Å²) in [5.74, 6) is 0.515. The van der Waals surface area contributed by atoms with Crippen molar-refractivity contribution in [3.8, 4) is 17.6 Å². The summed E-state index contributed by atoms with van der Waals surface area (Å²) in [7, 11) is 1.53. The highest BCUT2D eigenvalue weighted by Crippen LogP contribution is 2.35. The van der Waals surface area contributed by atoms with Crippen LogP contribution in [0.2, 0.25) is 10.0 Å². The number of para-hydroxylation sites is 1. The number of nitriles is 1. The molecule has 0 aliphatic rings. The number of benzene rings is 2. The van der Waals surface area contributed by atoms with Gasteiger partial charge in [-0.05, 0) is 65.4 Å². The Balaban J connectivity index is 2.37. The Morgan fingerprint density at radius 3 is 2.56 bits per heavy atom. The fourth-order valence-electron chi connectivity index (χ4n) is 2.22. The van der Waals surface area contributed by atoms with E-state index < -0.39 is 5.91 Å². The molecule has 0 saturated heterocycles. The van der Waals surface area contributed by atoms with Crippen LogP contribution in [0.1, 0.15) is 12.5 Å². The molecule has 2 aromatic rings. The van der Waals surface area contributed by atoms with Crippen LogP contribution in [0.3, 0.4) is 0 Å². The number of carbonyl (C=O) groups is 1. The zero-order chi connectivity index (χ0) is 20.0. The standard InChI is InChI=1S/C19H15Cl2IN2O3/c1-3-27-18-15(22)8-11(9-16(18)26-2)7-12(10-23)19(25)24-17-13(20)5-4-6-14(17)21/h4-9H,3H2,1-2H3,(H,24,25)/b12-7+. The largest absolute Gasteiger partial charge is 0.493 e. The monoisotopic (exact) mass is 516 g/mol. The van der Waals surface area contributed by atoms with Gasteiger partial charge >= 0.3 is 0 Å². The number of anilines is 1. The molecule has 0 heterocycles. The molecule has 0 fully saturated rings. The minimum absolute atomic E-state index is 0.104. The SMILES string of the molecule is CCOc1c(I)cc(/C=C(\C#N)C(=O)Nc2c(Cl)cccc2Cl)cc1OC. The van der Waals surface area contributed by atoms with Crippen molar-refractivity contribution in [2.75, 3.05) is 19.0 Å². The summed E-state index contributed by atoms with van der Waals surface area (Å²) in [4.78, 5) is 12.5. The molecule has 0 aliphatic heterocycles. The van der Waals surface area contributed by atoms with E-state index in [1.165, 1.54) is 13.2 Å². The van der Waals surface area contributed by atoms with E-state index in [1.54, 1.807) is 30.3 Å². The summed E-state index contributed by atoms with van der Waals surface area (Å²) in [5, 5.41) is 12.5. The van der Waals surface area contributed by atoms with E-state index >= 15 is 0 Å². The smallest absolute Gasteiger partial charge is 0.266 e. The highest BCUT2D eigenvalue weighted by atomic mass is 127. The summed E-state index contributed by atoms with van der Waals surface area (Å²) >= 11 is 14.2. The Morgan fingerprint density at radius 1 is 1.33 bits per heavy atom. The molecule has 0 saturated carbocycles. The number of carbonyl (C=O) groups excluding carboxylic acids is 1. The Morgan fingerprint density at radius 2 is 2.00 bits per heavy atom. The number of rotatable bonds is 6. The highest BCUT2D eigenvalue weighted by molar-refractivity contribution is 14.1. The predicted octanol–water partition coefficient (Wildman–Crippen LogP) is 5.55. The van der Waals surface area contributed by atoms with Crippen molar-refractivity contribution in [1.29, 1.82) is 5.26 Å². The molecule has 1 amide bonds. The molecule has 0 spiro atoms. The maximum Gasteiger partial charge on any atom is 0.266 e. The van der Waals surface area contributed by atoms with Crippen LogP contribution in [-0.2, 0) is 4.79 Å². The van der Waals surface area contributed by atoms with Crippen molar-refractivity contribution < 1.29 is 14.3 Å². The van der Waals surface area contributed by atoms with Crippen LogP contribution >= 0.6 is 45.8 Å². The van der Waals surface area contributed by atoms with E-state index in [0.717, 1.165) is 3.57 Å². The van der Waals surface area contributed by atoms with Crippen LogP contribution in [0.5, 0.6) is 11.5 Å². The zero-order valence-corrected chi connectivity index (χ0v) is 18.1. The van der Waals surface area contributed by atoms with Gasteiger partial charge in [-0.1, -0.05) is 29.3 Å². The lowest BCUT2D eigenvalue weighted by molar-refractivity contribution is -0.112. The molecule has 8 heteroatoms. The van der Waals surface area contributed by atoms with Crippen molar-refractivity contribution in [2.24, 2.45) is 0 Å². The summed E-state index contributed by atoms with van der Waals surface area (Å²) in [6, 6.07) is 10.2. The first-order chi connectivity index (χ1) is 12.9. The van der Waals surface area contributed by atoms with Crippen LogP contribution in [0.15, 0.2) is 35.9 Å². The number of amides is 1. The van der Waals surface area contributed by atoms with Crippen molar-refractivity contribution in [3.05, 3.63) is 55.1 Å². The second-order valence-corrected chi connectivity index (χ2v) is 7.16. The van der Waals surface area contributed by atoms with Crippen molar-refractivity contribution in [2.45, 2.75) is 6.92 Å². The topological polar surface area (TPSA) is 71.3 Å². The Bertz CT molecular complexity index is 919. The molecule has 0 aromatic heterocycles. The fraction of sp³-hybridized carbons (Fsp3) is 0.158. The van der Waals surface area contributed by atoms with Crippen LogP contribution in [0, 0.1) is 14.9 Å². The lowest BCUT2D eigenvalue weighted by Crippen LogP contribution is -2.14. The Labute approximate surface area is 181 Å². The summed E-state index contributed by atoms with van der Waals surface area (Å²) in [5.41, 5.74) is 0.774. The van der Waals surface area contributed by atoms with Gasteiger partial charge in [-0.2, -0.15) is 5.26 Å². The highest BCUT2D eigenvalue weighted by Gasteiger charge is 2.15. The van der Waals surface area contributed by atoms with Gasteiger partial charge in [0.25, 0.3) is 5.91 Å². The van der Waals surface area contributed by atoms with Gasteiger partial charge in [-0.3, -0.25) is 4.79 Å². The number of nitrogens with zero attached hydrogens (tertiary/aromatic N) is 1. The average Bonchev–Trinajstić information content (AvgIpc) is 2.64. The Kier molecular flexibility index (Phi) is 7.78. The molecule has 2 rings (SSSR count). The first-order valence-corrected chi connectivity index (χ1v) is 9.62. The predicted molar refractivity (Wildman–Crippen MR) is 116 cm³/mol. The lowest BCUT2D eigenvalue weighted by Gasteiger charge is -2.12. The maximum absolute atomic E-state index is 12.5. The normalized spacial score (nSPS) is 10.9. The van der Waals surface area contributed by atoms with Gasteiger partial charge in [-0.25, -0.2) is 0 Å². The number of hydrogen-bond donors (Lipinski definition) is 1.